The van der Waals surface area contributed by atoms with Gasteiger partial charge in [0.15, 0.2) is 0 Å². The maximum absolute atomic E-state index is 12.6. The van der Waals surface area contributed by atoms with Gasteiger partial charge in [-0.05, 0) is 36.4 Å². The topological polar surface area (TPSA) is 102 Å². The molecule has 0 unspecified atom stereocenters. The fourth-order valence-electron chi connectivity index (χ4n) is 2.52. The molecule has 3 N–H and O–H groups in total. The van der Waals surface area contributed by atoms with Gasteiger partial charge in [-0.3, -0.25) is 4.79 Å². The number of nitrogens with one attached hydrogen (secondary N) is 1. The number of rotatable bonds is 4. The molecule has 0 aromatic heterocycles. The Morgan fingerprint density at radius 1 is 1.04 bits per heavy atom. The number of hydrogen-bond donors (Lipinski definition) is 2. The van der Waals surface area contributed by atoms with Crippen molar-refractivity contribution in [2.45, 2.75) is 4.90 Å². The van der Waals surface area contributed by atoms with Gasteiger partial charge in [0, 0.05) is 18.7 Å². The largest absolute Gasteiger partial charge is 0.397 e. The summed E-state index contributed by atoms with van der Waals surface area (Å²) in [7, 11) is -3.57. The molecule has 0 radical (unpaired) electrons. The summed E-state index contributed by atoms with van der Waals surface area (Å²) in [4.78, 5) is 12.4. The first kappa shape index (κ1) is 17.4. The predicted molar refractivity (Wildman–Crippen MR) is 94.8 cm³/mol. The number of anilines is 2. The Hall–Kier alpha value is -2.42. The predicted octanol–water partition coefficient (Wildman–Crippen LogP) is 1.54. The molecule has 0 bridgehead atoms. The van der Waals surface area contributed by atoms with Gasteiger partial charge < -0.3 is 15.8 Å². The first-order valence-electron chi connectivity index (χ1n) is 7.82. The molecule has 1 heterocycles. The number of ether oxygens (including phenoxy) is 1. The Kier molecular flexibility index (Phi) is 5.03. The number of hydrogen-bond acceptors (Lipinski definition) is 5. The van der Waals surface area contributed by atoms with Crippen molar-refractivity contribution in [1.29, 1.82) is 0 Å². The van der Waals surface area contributed by atoms with Crippen LogP contribution in [0.1, 0.15) is 10.4 Å². The molecule has 0 atom stereocenters. The number of nitrogens with two attached hydrogens (primary N) is 1. The standard InChI is InChI=1S/C17H19N3O4S/c18-15-3-1-2-4-16(15)19-17(21)13-5-7-14(8-6-13)25(22,23)20-9-11-24-12-10-20/h1-8H,9-12,18H2,(H,19,21). The summed E-state index contributed by atoms with van der Waals surface area (Å²) in [6.07, 6.45) is 0. The van der Waals surface area contributed by atoms with Gasteiger partial charge in [0.1, 0.15) is 0 Å². The zero-order valence-corrected chi connectivity index (χ0v) is 14.3. The lowest BCUT2D eigenvalue weighted by Crippen LogP contribution is -2.40. The van der Waals surface area contributed by atoms with Gasteiger partial charge in [-0.2, -0.15) is 4.31 Å². The molecule has 2 aromatic rings. The van der Waals surface area contributed by atoms with Crippen LogP contribution in [0.3, 0.4) is 0 Å². The molecule has 1 aliphatic rings. The Morgan fingerprint density at radius 2 is 1.68 bits per heavy atom. The Morgan fingerprint density at radius 3 is 2.32 bits per heavy atom. The van der Waals surface area contributed by atoms with Crippen molar-refractivity contribution in [3.05, 3.63) is 54.1 Å². The Labute approximate surface area is 146 Å². The quantitative estimate of drug-likeness (QED) is 0.805. The summed E-state index contributed by atoms with van der Waals surface area (Å²) < 4.78 is 31.7. The average molecular weight is 361 g/mol. The second kappa shape index (κ2) is 7.22. The van der Waals surface area contributed by atoms with Gasteiger partial charge in [0.05, 0.1) is 29.5 Å². The third-order valence-electron chi connectivity index (χ3n) is 3.93. The van der Waals surface area contributed by atoms with Crippen molar-refractivity contribution in [2.24, 2.45) is 0 Å². The van der Waals surface area contributed by atoms with Crippen molar-refractivity contribution >= 4 is 27.3 Å². The fourth-order valence-corrected chi connectivity index (χ4v) is 3.93. The van der Waals surface area contributed by atoms with Gasteiger partial charge in [-0.1, -0.05) is 12.1 Å². The summed E-state index contributed by atoms with van der Waals surface area (Å²) in [5, 5.41) is 2.71. The van der Waals surface area contributed by atoms with Gasteiger partial charge in [0.2, 0.25) is 10.0 Å². The van der Waals surface area contributed by atoms with Gasteiger partial charge in [-0.15, -0.1) is 0 Å². The highest BCUT2D eigenvalue weighted by Crippen LogP contribution is 2.20. The first-order chi connectivity index (χ1) is 12.0. The summed E-state index contributed by atoms with van der Waals surface area (Å²) in [5.41, 5.74) is 7.12. The molecule has 3 rings (SSSR count). The molecule has 132 valence electrons. The Balaban J connectivity index is 1.75. The lowest BCUT2D eigenvalue weighted by molar-refractivity contribution is 0.0730. The van der Waals surface area contributed by atoms with E-state index < -0.39 is 10.0 Å². The van der Waals surface area contributed by atoms with Gasteiger partial charge >= 0.3 is 0 Å². The minimum atomic E-state index is -3.57. The van der Waals surface area contributed by atoms with Crippen LogP contribution < -0.4 is 11.1 Å². The number of para-hydroxylation sites is 2. The molecule has 0 spiro atoms. The van der Waals surface area contributed by atoms with Crippen LogP contribution in [-0.4, -0.2) is 44.9 Å². The van der Waals surface area contributed by atoms with Crippen molar-refractivity contribution in [2.75, 3.05) is 37.4 Å². The van der Waals surface area contributed by atoms with Crippen molar-refractivity contribution in [3.63, 3.8) is 0 Å². The number of nitrogen functional groups attached to an aromatic ring is 1. The highest BCUT2D eigenvalue weighted by molar-refractivity contribution is 7.89. The van der Waals surface area contributed by atoms with Gasteiger partial charge in [-0.25, -0.2) is 8.42 Å². The van der Waals surface area contributed by atoms with Gasteiger partial charge in [0.25, 0.3) is 5.91 Å². The number of amides is 1. The van der Waals surface area contributed by atoms with Crippen LogP contribution in [0.4, 0.5) is 11.4 Å². The zero-order valence-electron chi connectivity index (χ0n) is 13.5. The molecule has 1 fully saturated rings. The van der Waals surface area contributed by atoms with Crippen LogP contribution in [0.2, 0.25) is 0 Å². The minimum absolute atomic E-state index is 0.158. The molecular weight excluding hydrogens is 342 g/mol. The monoisotopic (exact) mass is 361 g/mol. The third kappa shape index (κ3) is 3.81. The summed E-state index contributed by atoms with van der Waals surface area (Å²) >= 11 is 0. The van der Waals surface area contributed by atoms with E-state index in [9.17, 15) is 13.2 Å². The molecule has 1 aliphatic heterocycles. The summed E-state index contributed by atoms with van der Waals surface area (Å²) in [5.74, 6) is -0.353. The molecule has 0 aliphatic carbocycles. The Bertz CT molecular complexity index is 860. The minimum Gasteiger partial charge on any atom is -0.397 e. The number of morpholine rings is 1. The van der Waals surface area contributed by atoms with E-state index >= 15 is 0 Å². The van der Waals surface area contributed by atoms with Crippen LogP contribution in [0, 0.1) is 0 Å². The van der Waals surface area contributed by atoms with E-state index in [4.69, 9.17) is 10.5 Å². The molecular formula is C17H19N3O4S. The molecule has 25 heavy (non-hydrogen) atoms. The average Bonchev–Trinajstić information content (AvgIpc) is 2.64. The lowest BCUT2D eigenvalue weighted by atomic mass is 10.2. The van der Waals surface area contributed by atoms with Crippen LogP contribution >= 0.6 is 0 Å². The molecule has 1 saturated heterocycles. The van der Waals surface area contributed by atoms with E-state index in [1.807, 2.05) is 0 Å². The molecule has 7 nitrogen and oxygen atoms in total. The number of carbonyl (C=O) groups excluding carboxylic acids is 1. The van der Waals surface area contributed by atoms with Crippen LogP contribution in [0.25, 0.3) is 0 Å². The second-order valence-corrected chi connectivity index (χ2v) is 7.52. The highest BCUT2D eigenvalue weighted by Gasteiger charge is 2.26. The van der Waals surface area contributed by atoms with Crippen molar-refractivity contribution in [3.8, 4) is 0 Å². The normalized spacial score (nSPS) is 15.7. The van der Waals surface area contributed by atoms with Crippen LogP contribution in [0.15, 0.2) is 53.4 Å². The number of sulfonamides is 1. The van der Waals surface area contributed by atoms with E-state index in [1.54, 1.807) is 24.3 Å². The lowest BCUT2D eigenvalue weighted by Gasteiger charge is -2.26. The SMILES string of the molecule is Nc1ccccc1NC(=O)c1ccc(S(=O)(=O)N2CCOCC2)cc1. The molecule has 0 saturated carbocycles. The maximum atomic E-state index is 12.6. The number of carbonyl (C=O) groups is 1. The molecule has 2 aromatic carbocycles. The highest BCUT2D eigenvalue weighted by atomic mass is 32.2. The number of benzene rings is 2. The smallest absolute Gasteiger partial charge is 0.255 e. The molecule has 1 amide bonds. The van der Waals surface area contributed by atoms with E-state index in [0.29, 0.717) is 43.2 Å². The fraction of sp³-hybridized carbons (Fsp3) is 0.235. The van der Waals surface area contributed by atoms with Crippen LogP contribution in [0.5, 0.6) is 0 Å². The number of nitrogens with zero attached hydrogens (tertiary/aromatic N) is 1. The van der Waals surface area contributed by atoms with E-state index in [1.165, 1.54) is 28.6 Å². The first-order valence-corrected chi connectivity index (χ1v) is 9.26. The summed E-state index contributed by atoms with van der Waals surface area (Å²) in [6, 6.07) is 12.8. The maximum Gasteiger partial charge on any atom is 0.255 e. The van der Waals surface area contributed by atoms with Crippen LogP contribution in [-0.2, 0) is 14.8 Å². The zero-order chi connectivity index (χ0) is 17.9. The van der Waals surface area contributed by atoms with E-state index in [-0.39, 0.29) is 10.8 Å². The van der Waals surface area contributed by atoms with E-state index in [0.717, 1.165) is 0 Å². The second-order valence-electron chi connectivity index (χ2n) is 5.58. The van der Waals surface area contributed by atoms with Crippen molar-refractivity contribution in [1.82, 2.24) is 4.31 Å². The van der Waals surface area contributed by atoms with Crippen molar-refractivity contribution < 1.29 is 17.9 Å². The third-order valence-corrected chi connectivity index (χ3v) is 5.85. The molecule has 8 heteroatoms. The van der Waals surface area contributed by atoms with E-state index in [2.05, 4.69) is 5.32 Å². The summed E-state index contributed by atoms with van der Waals surface area (Å²) in [6.45, 7) is 1.44.